The maximum atomic E-state index is 9.03. The lowest BCUT2D eigenvalue weighted by Gasteiger charge is -2.21. The van der Waals surface area contributed by atoms with Crippen LogP contribution in [0.5, 0.6) is 0 Å². The van der Waals surface area contributed by atoms with E-state index in [1.165, 1.54) is 0 Å². The summed E-state index contributed by atoms with van der Waals surface area (Å²) >= 11 is 0. The van der Waals surface area contributed by atoms with Crippen LogP contribution in [0.4, 0.5) is 0 Å². The molecule has 0 saturated heterocycles. The van der Waals surface area contributed by atoms with Crippen molar-refractivity contribution in [3.8, 4) is 5.40 Å². The topological polar surface area (TPSA) is 23.8 Å². The molecule has 0 fully saturated rings. The fraction of sp³-hybridized carbons (Fsp3) is 0.857. The van der Waals surface area contributed by atoms with Crippen molar-refractivity contribution in [3.05, 3.63) is 0 Å². The van der Waals surface area contributed by atoms with Gasteiger partial charge in [0.1, 0.15) is 0 Å². The molecule has 0 amide bonds. The van der Waals surface area contributed by atoms with E-state index < -0.39 is 14.4 Å². The third-order valence-corrected chi connectivity index (χ3v) is 22.9. The Morgan fingerprint density at radius 1 is 0.909 bits per heavy atom. The summed E-state index contributed by atoms with van der Waals surface area (Å²) in [5, 5.41) is 11.6. The van der Waals surface area contributed by atoms with Crippen molar-refractivity contribution in [2.45, 2.75) is 39.3 Å². The zero-order chi connectivity index (χ0) is 9.28. The van der Waals surface area contributed by atoms with Crippen molar-refractivity contribution >= 4 is 24.2 Å². The lowest BCUT2D eigenvalue weighted by Crippen LogP contribution is -2.47. The Kier molecular flexibility index (Phi) is 3.42. The van der Waals surface area contributed by atoms with Gasteiger partial charge < -0.3 is 0 Å². The van der Waals surface area contributed by atoms with Crippen molar-refractivity contribution in [1.82, 2.24) is 0 Å². The summed E-state index contributed by atoms with van der Waals surface area (Å²) in [4.78, 5) is 0. The quantitative estimate of drug-likeness (QED) is 0.385. The van der Waals surface area contributed by atoms with E-state index in [0.717, 1.165) is 0 Å². The third-order valence-electron chi connectivity index (χ3n) is 1.32. The van der Waals surface area contributed by atoms with Gasteiger partial charge >= 0.3 is 0 Å². The molecule has 0 heterocycles. The second kappa shape index (κ2) is 3.34. The number of thiocyanates is 1. The van der Waals surface area contributed by atoms with Crippen LogP contribution < -0.4 is 0 Å². The monoisotopic (exact) mass is 204 g/mol. The van der Waals surface area contributed by atoms with Crippen LogP contribution in [0.15, 0.2) is 0 Å². The Morgan fingerprint density at radius 3 is 1.18 bits per heavy atom. The molecule has 11 heavy (non-hydrogen) atoms. The Labute approximate surface area is 74.5 Å². The highest BCUT2D eigenvalue weighted by Crippen LogP contribution is 2.24. The summed E-state index contributed by atoms with van der Waals surface area (Å²) in [7, 11) is -2.27. The minimum atomic E-state index is -1.19. The predicted molar refractivity (Wildman–Crippen MR) is 59.7 cm³/mol. The van der Waals surface area contributed by atoms with Gasteiger partial charge in [-0.05, 0) is 49.1 Å². The van der Waals surface area contributed by atoms with E-state index in [-0.39, 0.29) is 9.79 Å². The van der Waals surface area contributed by atoms with E-state index in [9.17, 15) is 0 Å². The molecule has 0 rings (SSSR count). The van der Waals surface area contributed by atoms with Gasteiger partial charge in [-0.1, -0.05) is 0 Å². The van der Waals surface area contributed by atoms with E-state index in [1.807, 2.05) is 0 Å². The normalized spacial score (nSPS) is 13.3. The Bertz CT molecular complexity index is 158. The van der Waals surface area contributed by atoms with Gasteiger partial charge in [-0.3, -0.25) is 0 Å². The van der Waals surface area contributed by atoms with Crippen molar-refractivity contribution < 1.29 is 0 Å². The number of nitrogens with zero attached hydrogens (tertiary/aromatic N) is 1. The van der Waals surface area contributed by atoms with Crippen LogP contribution in [0.25, 0.3) is 0 Å². The molecule has 0 bridgehead atoms. The zero-order valence-electron chi connectivity index (χ0n) is 8.36. The first kappa shape index (κ1) is 11.3. The van der Waals surface area contributed by atoms with E-state index in [0.29, 0.717) is 0 Å². The van der Waals surface area contributed by atoms with Crippen molar-refractivity contribution in [2.24, 2.45) is 0 Å². The zero-order valence-corrected chi connectivity index (χ0v) is 11.2. The SMILES string of the molecule is C[Si](C)(C)[S+](C#N)[Si](C)(C)C. The first-order valence-corrected chi connectivity index (χ1v) is 13.5. The average molecular weight is 204 g/mol. The fourth-order valence-corrected chi connectivity index (χ4v) is 27.3. The summed E-state index contributed by atoms with van der Waals surface area (Å²) in [5.74, 6) is 0. The minimum Gasteiger partial charge on any atom is -0.140 e. The summed E-state index contributed by atoms with van der Waals surface area (Å²) in [6.07, 6.45) is 0. The molecule has 0 radical (unpaired) electrons. The molecule has 0 aliphatic carbocycles. The first-order chi connectivity index (χ1) is 4.69. The average Bonchev–Trinajstić information content (AvgIpc) is 1.56. The largest absolute Gasteiger partial charge is 0.288 e. The molecule has 4 heteroatoms. The van der Waals surface area contributed by atoms with Crippen molar-refractivity contribution in [3.63, 3.8) is 0 Å². The molecular formula is C7H18NSSi2+. The molecule has 0 saturated carbocycles. The lowest BCUT2D eigenvalue weighted by molar-refractivity contribution is 1.57. The van der Waals surface area contributed by atoms with Crippen LogP contribution in [0.2, 0.25) is 39.3 Å². The molecule has 0 aromatic rings. The number of hydrogen-bond donors (Lipinski definition) is 0. The second-order valence-corrected chi connectivity index (χ2v) is 24.9. The van der Waals surface area contributed by atoms with Gasteiger partial charge in [0, 0.05) is 0 Å². The summed E-state index contributed by atoms with van der Waals surface area (Å²) in [6.45, 7) is 13.8. The highest BCUT2D eigenvalue weighted by atomic mass is 32.6. The molecule has 0 aliphatic heterocycles. The summed E-state index contributed by atoms with van der Waals surface area (Å²) in [6, 6.07) is 0. The first-order valence-electron chi connectivity index (χ1n) is 3.84. The van der Waals surface area contributed by atoms with E-state index >= 15 is 0 Å². The predicted octanol–water partition coefficient (Wildman–Crippen LogP) is 2.76. The smallest absolute Gasteiger partial charge is 0.140 e. The molecule has 0 N–H and O–H groups in total. The van der Waals surface area contributed by atoms with Crippen LogP contribution in [0, 0.1) is 10.7 Å². The number of hydrogen-bond acceptors (Lipinski definition) is 1. The van der Waals surface area contributed by atoms with E-state index in [1.54, 1.807) is 0 Å². The Morgan fingerprint density at radius 2 is 1.18 bits per heavy atom. The molecule has 0 atom stereocenters. The highest BCUT2D eigenvalue weighted by molar-refractivity contribution is 8.49. The number of rotatable bonds is 2. The molecule has 0 unspecified atom stereocenters. The second-order valence-electron chi connectivity index (χ2n) is 4.62. The molecule has 0 aromatic heterocycles. The van der Waals surface area contributed by atoms with Gasteiger partial charge in [0.15, 0.2) is 0 Å². The molecule has 0 aliphatic rings. The highest BCUT2D eigenvalue weighted by Gasteiger charge is 2.49. The molecule has 0 aromatic carbocycles. The van der Waals surface area contributed by atoms with Gasteiger partial charge in [0.2, 0.25) is 0 Å². The standard InChI is InChI=1S/C7H18NSSi2/c1-10(2,3)9(7-8)11(4,5)6/h1-6H3/q+1. The van der Waals surface area contributed by atoms with E-state index in [2.05, 4.69) is 44.7 Å². The van der Waals surface area contributed by atoms with Crippen LogP contribution in [-0.4, -0.2) is 14.4 Å². The molecule has 1 nitrogen and oxygen atoms in total. The van der Waals surface area contributed by atoms with Crippen LogP contribution in [0.3, 0.4) is 0 Å². The fourth-order valence-electron chi connectivity index (χ4n) is 1.19. The third kappa shape index (κ3) is 3.45. The molecular weight excluding hydrogens is 186 g/mol. The maximum Gasteiger partial charge on any atom is 0.288 e. The Balaban J connectivity index is 4.60. The van der Waals surface area contributed by atoms with Gasteiger partial charge in [0.25, 0.3) is 19.8 Å². The lowest BCUT2D eigenvalue weighted by atomic mass is 11.8. The van der Waals surface area contributed by atoms with Crippen molar-refractivity contribution in [1.29, 1.82) is 5.26 Å². The van der Waals surface area contributed by atoms with Gasteiger partial charge in [0.05, 0.1) is 0 Å². The van der Waals surface area contributed by atoms with Crippen molar-refractivity contribution in [2.75, 3.05) is 0 Å². The maximum absolute atomic E-state index is 9.03. The van der Waals surface area contributed by atoms with Gasteiger partial charge in [-0.15, -0.1) is 5.26 Å². The summed E-state index contributed by atoms with van der Waals surface area (Å²) in [5.41, 5.74) is 0. The van der Waals surface area contributed by atoms with Gasteiger partial charge in [-0.2, -0.15) is 0 Å². The number of nitriles is 1. The van der Waals surface area contributed by atoms with Crippen LogP contribution in [0.1, 0.15) is 0 Å². The molecule has 0 spiro atoms. The summed E-state index contributed by atoms with van der Waals surface area (Å²) < 4.78 is 0. The van der Waals surface area contributed by atoms with Crippen LogP contribution in [-0.2, 0) is 9.79 Å². The van der Waals surface area contributed by atoms with E-state index in [4.69, 9.17) is 5.26 Å². The van der Waals surface area contributed by atoms with Crippen LogP contribution >= 0.6 is 0 Å². The Hall–Kier alpha value is 0.274. The minimum absolute atomic E-state index is 0.117. The molecule has 64 valence electrons. The van der Waals surface area contributed by atoms with Gasteiger partial charge in [-0.25, -0.2) is 0 Å².